The van der Waals surface area contributed by atoms with Gasteiger partial charge in [0, 0.05) is 6.04 Å². The highest BCUT2D eigenvalue weighted by molar-refractivity contribution is 6.33. The summed E-state index contributed by atoms with van der Waals surface area (Å²) in [5.41, 5.74) is 7.64. The fourth-order valence-electron chi connectivity index (χ4n) is 2.57. The van der Waals surface area contributed by atoms with Gasteiger partial charge >= 0.3 is 0 Å². The topological polar surface area (TPSA) is 38.0 Å². The lowest BCUT2D eigenvalue weighted by Gasteiger charge is -2.25. The van der Waals surface area contributed by atoms with Crippen molar-refractivity contribution in [2.75, 3.05) is 11.1 Å². The molecule has 0 bridgehead atoms. The number of nitrogens with one attached hydrogen (secondary N) is 1. The van der Waals surface area contributed by atoms with Gasteiger partial charge in [0.05, 0.1) is 16.4 Å². The van der Waals surface area contributed by atoms with Crippen molar-refractivity contribution in [3.63, 3.8) is 0 Å². The van der Waals surface area contributed by atoms with E-state index in [4.69, 9.17) is 17.3 Å². The van der Waals surface area contributed by atoms with Crippen LogP contribution in [0.15, 0.2) is 18.2 Å². The van der Waals surface area contributed by atoms with Crippen molar-refractivity contribution in [3.05, 3.63) is 23.2 Å². The minimum atomic E-state index is 0.526. The molecule has 3 heteroatoms. The standard InChI is InChI=1S/C14H21ClN2/c1-10-6-3-2-4-8-12(10)17-13-9-5-7-11(15)14(13)16/h5,7,9-10,12,17H,2-4,6,8,16H2,1H3. The fraction of sp³-hybridized carbons (Fsp3) is 0.571. The molecule has 0 heterocycles. The average molecular weight is 253 g/mol. The van der Waals surface area contributed by atoms with Crippen molar-refractivity contribution < 1.29 is 0 Å². The van der Waals surface area contributed by atoms with Gasteiger partial charge in [-0.1, -0.05) is 43.9 Å². The third kappa shape index (κ3) is 3.06. The number of benzene rings is 1. The molecule has 1 fully saturated rings. The number of para-hydroxylation sites is 1. The summed E-state index contributed by atoms with van der Waals surface area (Å²) in [6, 6.07) is 6.32. The van der Waals surface area contributed by atoms with Crippen LogP contribution in [0.25, 0.3) is 0 Å². The predicted molar refractivity (Wildman–Crippen MR) is 75.5 cm³/mol. The molecule has 1 aromatic carbocycles. The maximum absolute atomic E-state index is 6.04. The zero-order valence-electron chi connectivity index (χ0n) is 10.4. The molecule has 17 heavy (non-hydrogen) atoms. The highest BCUT2D eigenvalue weighted by Gasteiger charge is 2.20. The van der Waals surface area contributed by atoms with Crippen LogP contribution in [0.1, 0.15) is 39.0 Å². The largest absolute Gasteiger partial charge is 0.396 e. The Morgan fingerprint density at radius 2 is 2.00 bits per heavy atom. The SMILES string of the molecule is CC1CCCCCC1Nc1cccc(Cl)c1N. The highest BCUT2D eigenvalue weighted by atomic mass is 35.5. The van der Waals surface area contributed by atoms with Crippen molar-refractivity contribution in [1.82, 2.24) is 0 Å². The van der Waals surface area contributed by atoms with E-state index in [9.17, 15) is 0 Å². The van der Waals surface area contributed by atoms with Gasteiger partial charge in [-0.2, -0.15) is 0 Å². The third-order valence-electron chi connectivity index (χ3n) is 3.76. The van der Waals surface area contributed by atoms with Crippen molar-refractivity contribution in [2.24, 2.45) is 5.92 Å². The number of rotatable bonds is 2. The number of nitrogen functional groups attached to an aromatic ring is 1. The Labute approximate surface area is 109 Å². The molecule has 2 rings (SSSR count). The van der Waals surface area contributed by atoms with Gasteiger partial charge < -0.3 is 11.1 Å². The first-order valence-electron chi connectivity index (χ1n) is 6.49. The maximum Gasteiger partial charge on any atom is 0.0739 e. The Balaban J connectivity index is 2.10. The summed E-state index contributed by atoms with van der Waals surface area (Å²) in [7, 11) is 0. The van der Waals surface area contributed by atoms with E-state index in [1.165, 1.54) is 32.1 Å². The normalized spacial score (nSPS) is 25.3. The van der Waals surface area contributed by atoms with Crippen LogP contribution in [0.4, 0.5) is 11.4 Å². The van der Waals surface area contributed by atoms with Crippen molar-refractivity contribution in [3.8, 4) is 0 Å². The van der Waals surface area contributed by atoms with E-state index < -0.39 is 0 Å². The second-order valence-electron chi connectivity index (χ2n) is 5.07. The summed E-state index contributed by atoms with van der Waals surface area (Å²) in [6.45, 7) is 2.32. The van der Waals surface area contributed by atoms with E-state index in [1.807, 2.05) is 18.2 Å². The van der Waals surface area contributed by atoms with Gasteiger partial charge in [-0.15, -0.1) is 0 Å². The molecular formula is C14H21ClN2. The van der Waals surface area contributed by atoms with Crippen LogP contribution in [0, 0.1) is 5.92 Å². The molecule has 0 spiro atoms. The molecule has 0 amide bonds. The first-order chi connectivity index (χ1) is 8.18. The molecule has 1 saturated carbocycles. The quantitative estimate of drug-likeness (QED) is 0.608. The van der Waals surface area contributed by atoms with E-state index >= 15 is 0 Å². The lowest BCUT2D eigenvalue weighted by molar-refractivity contribution is 0.457. The summed E-state index contributed by atoms with van der Waals surface area (Å²) in [5, 5.41) is 4.21. The van der Waals surface area contributed by atoms with Gasteiger partial charge in [0.15, 0.2) is 0 Å². The van der Waals surface area contributed by atoms with E-state index in [-0.39, 0.29) is 0 Å². The van der Waals surface area contributed by atoms with Gasteiger partial charge in [-0.05, 0) is 30.9 Å². The second kappa shape index (κ2) is 5.63. The van der Waals surface area contributed by atoms with E-state index in [2.05, 4.69) is 12.2 Å². The molecular weight excluding hydrogens is 232 g/mol. The van der Waals surface area contributed by atoms with Gasteiger partial charge in [0.25, 0.3) is 0 Å². The minimum absolute atomic E-state index is 0.526. The molecule has 0 aliphatic heterocycles. The Bertz CT molecular complexity index is 378. The van der Waals surface area contributed by atoms with Crippen LogP contribution in [0.5, 0.6) is 0 Å². The molecule has 1 aliphatic rings. The Morgan fingerprint density at radius 3 is 2.82 bits per heavy atom. The molecule has 3 N–H and O–H groups in total. The molecule has 2 nitrogen and oxygen atoms in total. The Morgan fingerprint density at radius 1 is 1.24 bits per heavy atom. The van der Waals surface area contributed by atoms with E-state index in [0.717, 1.165) is 5.69 Å². The molecule has 0 radical (unpaired) electrons. The summed E-state index contributed by atoms with van der Waals surface area (Å²) >= 11 is 6.04. The zero-order valence-corrected chi connectivity index (χ0v) is 11.1. The van der Waals surface area contributed by atoms with Crippen LogP contribution >= 0.6 is 11.6 Å². The number of nitrogens with two attached hydrogens (primary N) is 1. The van der Waals surface area contributed by atoms with E-state index in [1.54, 1.807) is 0 Å². The van der Waals surface area contributed by atoms with Crippen LogP contribution in [-0.4, -0.2) is 6.04 Å². The zero-order chi connectivity index (χ0) is 12.3. The first-order valence-corrected chi connectivity index (χ1v) is 6.87. The molecule has 1 aliphatic carbocycles. The molecule has 2 atom stereocenters. The second-order valence-corrected chi connectivity index (χ2v) is 5.47. The van der Waals surface area contributed by atoms with Crippen LogP contribution in [0.2, 0.25) is 5.02 Å². The number of hydrogen-bond acceptors (Lipinski definition) is 2. The average Bonchev–Trinajstić information content (AvgIpc) is 2.51. The van der Waals surface area contributed by atoms with Crippen molar-refractivity contribution in [1.29, 1.82) is 0 Å². The third-order valence-corrected chi connectivity index (χ3v) is 4.08. The Kier molecular flexibility index (Phi) is 4.16. The molecule has 0 aromatic heterocycles. The van der Waals surface area contributed by atoms with Crippen molar-refractivity contribution in [2.45, 2.75) is 45.1 Å². The Hall–Kier alpha value is -0.890. The summed E-state index contributed by atoms with van der Waals surface area (Å²) < 4.78 is 0. The number of anilines is 2. The van der Waals surface area contributed by atoms with E-state index in [0.29, 0.717) is 22.7 Å². The maximum atomic E-state index is 6.04. The fourth-order valence-corrected chi connectivity index (χ4v) is 2.74. The van der Waals surface area contributed by atoms with Gasteiger partial charge in [0.1, 0.15) is 0 Å². The summed E-state index contributed by atoms with van der Waals surface area (Å²) in [5.74, 6) is 0.705. The number of hydrogen-bond donors (Lipinski definition) is 2. The van der Waals surface area contributed by atoms with Crippen LogP contribution < -0.4 is 11.1 Å². The van der Waals surface area contributed by atoms with Crippen LogP contribution in [-0.2, 0) is 0 Å². The summed E-state index contributed by atoms with van der Waals surface area (Å²) in [4.78, 5) is 0. The molecule has 2 unspecified atom stereocenters. The van der Waals surface area contributed by atoms with Gasteiger partial charge in [-0.3, -0.25) is 0 Å². The van der Waals surface area contributed by atoms with Gasteiger partial charge in [0.2, 0.25) is 0 Å². The highest BCUT2D eigenvalue weighted by Crippen LogP contribution is 2.31. The van der Waals surface area contributed by atoms with Gasteiger partial charge in [-0.25, -0.2) is 0 Å². The molecule has 94 valence electrons. The monoisotopic (exact) mass is 252 g/mol. The lowest BCUT2D eigenvalue weighted by atomic mass is 9.96. The van der Waals surface area contributed by atoms with Crippen LogP contribution in [0.3, 0.4) is 0 Å². The molecule has 0 saturated heterocycles. The smallest absolute Gasteiger partial charge is 0.0739 e. The molecule has 1 aromatic rings. The van der Waals surface area contributed by atoms with Crippen molar-refractivity contribution >= 4 is 23.0 Å². The number of halogens is 1. The summed E-state index contributed by atoms with van der Waals surface area (Å²) in [6.07, 6.45) is 6.55. The minimum Gasteiger partial charge on any atom is -0.396 e. The lowest BCUT2D eigenvalue weighted by Crippen LogP contribution is -2.26. The predicted octanol–water partition coefficient (Wildman–Crippen LogP) is 4.30. The first kappa shape index (κ1) is 12.6.